The zero-order valence-electron chi connectivity index (χ0n) is 8.27. The summed E-state index contributed by atoms with van der Waals surface area (Å²) in [5.74, 6) is 3.02. The largest absolute Gasteiger partial charge is 0.0651 e. The van der Waals surface area contributed by atoms with Gasteiger partial charge in [-0.05, 0) is 17.8 Å². The van der Waals surface area contributed by atoms with E-state index in [0.29, 0.717) is 0 Å². The molecule has 0 amide bonds. The van der Waals surface area contributed by atoms with E-state index in [1.165, 1.54) is 32.1 Å². The van der Waals surface area contributed by atoms with E-state index in [-0.39, 0.29) is 0 Å². The van der Waals surface area contributed by atoms with Gasteiger partial charge in [0.05, 0.1) is 0 Å². The first-order chi connectivity index (χ1) is 5.24. The molecular formula is C11H22. The van der Waals surface area contributed by atoms with E-state index < -0.39 is 0 Å². The Kier molecular flexibility index (Phi) is 3.42. The molecule has 1 saturated carbocycles. The van der Waals surface area contributed by atoms with Gasteiger partial charge in [-0.1, -0.05) is 52.9 Å². The highest BCUT2D eigenvalue weighted by atomic mass is 14.3. The molecule has 0 N–H and O–H groups in total. The van der Waals surface area contributed by atoms with Gasteiger partial charge in [0.1, 0.15) is 0 Å². The molecule has 11 heavy (non-hydrogen) atoms. The lowest BCUT2D eigenvalue weighted by Gasteiger charge is -2.17. The molecule has 0 aliphatic heterocycles. The predicted octanol–water partition coefficient (Wildman–Crippen LogP) is 3.86. The smallest absolute Gasteiger partial charge is 0.0414 e. The maximum atomic E-state index is 2.41. The molecule has 0 bridgehead atoms. The second-order valence-corrected chi connectivity index (χ2v) is 4.38. The topological polar surface area (TPSA) is 0 Å². The zero-order chi connectivity index (χ0) is 8.27. The number of hydrogen-bond acceptors (Lipinski definition) is 0. The van der Waals surface area contributed by atoms with Crippen molar-refractivity contribution in [1.82, 2.24) is 0 Å². The van der Waals surface area contributed by atoms with Crippen LogP contribution in [0.15, 0.2) is 0 Å². The quantitative estimate of drug-likeness (QED) is 0.564. The number of rotatable bonds is 5. The number of hydrogen-bond donors (Lipinski definition) is 0. The van der Waals surface area contributed by atoms with E-state index >= 15 is 0 Å². The predicted molar refractivity (Wildman–Crippen MR) is 50.6 cm³/mol. The van der Waals surface area contributed by atoms with Gasteiger partial charge in [-0.15, -0.1) is 0 Å². The Hall–Kier alpha value is 0. The van der Waals surface area contributed by atoms with Crippen molar-refractivity contribution in [2.24, 2.45) is 17.8 Å². The molecule has 0 aromatic heterocycles. The fourth-order valence-corrected chi connectivity index (χ4v) is 1.59. The van der Waals surface area contributed by atoms with Crippen LogP contribution in [0.1, 0.15) is 52.9 Å². The van der Waals surface area contributed by atoms with E-state index in [0.717, 1.165) is 17.8 Å². The van der Waals surface area contributed by atoms with Crippen LogP contribution < -0.4 is 0 Å². The average Bonchev–Trinajstić information content (AvgIpc) is 2.81. The van der Waals surface area contributed by atoms with Gasteiger partial charge in [0.2, 0.25) is 0 Å². The van der Waals surface area contributed by atoms with Crippen molar-refractivity contribution in [1.29, 1.82) is 0 Å². The SMILES string of the molecule is CCC(C)C(C)CCC1CC1. The second kappa shape index (κ2) is 4.13. The highest BCUT2D eigenvalue weighted by Gasteiger charge is 2.22. The van der Waals surface area contributed by atoms with Crippen LogP contribution in [0.4, 0.5) is 0 Å². The van der Waals surface area contributed by atoms with Gasteiger partial charge in [-0.2, -0.15) is 0 Å². The summed E-state index contributed by atoms with van der Waals surface area (Å²) in [6.45, 7) is 7.10. The van der Waals surface area contributed by atoms with Crippen LogP contribution in [-0.4, -0.2) is 0 Å². The summed E-state index contributed by atoms with van der Waals surface area (Å²) in [6.07, 6.45) is 7.37. The molecular weight excluding hydrogens is 132 g/mol. The molecule has 2 unspecified atom stereocenters. The van der Waals surface area contributed by atoms with E-state index in [4.69, 9.17) is 0 Å². The first-order valence-corrected chi connectivity index (χ1v) is 5.24. The third-order valence-corrected chi connectivity index (χ3v) is 3.34. The van der Waals surface area contributed by atoms with Crippen molar-refractivity contribution in [3.63, 3.8) is 0 Å². The summed E-state index contributed by atoms with van der Waals surface area (Å²) in [6, 6.07) is 0. The minimum Gasteiger partial charge on any atom is -0.0651 e. The van der Waals surface area contributed by atoms with E-state index in [1.807, 2.05) is 0 Å². The Bertz CT molecular complexity index is 103. The third-order valence-electron chi connectivity index (χ3n) is 3.34. The van der Waals surface area contributed by atoms with Crippen LogP contribution in [0.2, 0.25) is 0 Å². The van der Waals surface area contributed by atoms with Crippen molar-refractivity contribution >= 4 is 0 Å². The van der Waals surface area contributed by atoms with Gasteiger partial charge in [0, 0.05) is 0 Å². The minimum absolute atomic E-state index is 0.939. The lowest BCUT2D eigenvalue weighted by Crippen LogP contribution is -2.06. The molecule has 1 aliphatic carbocycles. The van der Waals surface area contributed by atoms with E-state index in [2.05, 4.69) is 20.8 Å². The lowest BCUT2D eigenvalue weighted by molar-refractivity contribution is 0.341. The van der Waals surface area contributed by atoms with Crippen molar-refractivity contribution in [3.8, 4) is 0 Å². The van der Waals surface area contributed by atoms with Crippen LogP contribution in [0.3, 0.4) is 0 Å². The summed E-state index contributed by atoms with van der Waals surface area (Å²) < 4.78 is 0. The van der Waals surface area contributed by atoms with Gasteiger partial charge >= 0.3 is 0 Å². The average molecular weight is 154 g/mol. The van der Waals surface area contributed by atoms with Crippen LogP contribution in [-0.2, 0) is 0 Å². The summed E-state index contributed by atoms with van der Waals surface area (Å²) in [7, 11) is 0. The molecule has 0 spiro atoms. The summed E-state index contributed by atoms with van der Waals surface area (Å²) in [4.78, 5) is 0. The van der Waals surface area contributed by atoms with Gasteiger partial charge in [0.25, 0.3) is 0 Å². The molecule has 0 radical (unpaired) electrons. The van der Waals surface area contributed by atoms with Gasteiger partial charge in [-0.25, -0.2) is 0 Å². The molecule has 0 saturated heterocycles. The Labute approximate surface area is 71.4 Å². The molecule has 66 valence electrons. The standard InChI is InChI=1S/C11H22/c1-4-9(2)10(3)5-6-11-7-8-11/h9-11H,4-8H2,1-3H3. The molecule has 0 heteroatoms. The fourth-order valence-electron chi connectivity index (χ4n) is 1.59. The first-order valence-electron chi connectivity index (χ1n) is 5.24. The second-order valence-electron chi connectivity index (χ2n) is 4.38. The van der Waals surface area contributed by atoms with Crippen LogP contribution in [0, 0.1) is 17.8 Å². The normalized spacial score (nSPS) is 23.2. The van der Waals surface area contributed by atoms with E-state index in [9.17, 15) is 0 Å². The first kappa shape index (κ1) is 9.09. The molecule has 1 rings (SSSR count). The minimum atomic E-state index is 0.939. The van der Waals surface area contributed by atoms with Crippen LogP contribution in [0.25, 0.3) is 0 Å². The Morgan fingerprint density at radius 2 is 1.82 bits per heavy atom. The lowest BCUT2D eigenvalue weighted by atomic mass is 9.89. The van der Waals surface area contributed by atoms with Crippen molar-refractivity contribution in [3.05, 3.63) is 0 Å². The molecule has 2 atom stereocenters. The summed E-state index contributed by atoms with van der Waals surface area (Å²) in [5.41, 5.74) is 0. The monoisotopic (exact) mass is 154 g/mol. The Morgan fingerprint density at radius 1 is 1.18 bits per heavy atom. The summed E-state index contributed by atoms with van der Waals surface area (Å²) >= 11 is 0. The molecule has 0 aromatic rings. The Morgan fingerprint density at radius 3 is 2.27 bits per heavy atom. The van der Waals surface area contributed by atoms with Crippen LogP contribution in [0.5, 0.6) is 0 Å². The van der Waals surface area contributed by atoms with Crippen LogP contribution >= 0.6 is 0 Å². The Balaban J connectivity index is 2.03. The van der Waals surface area contributed by atoms with Crippen molar-refractivity contribution in [2.75, 3.05) is 0 Å². The maximum absolute atomic E-state index is 2.41. The molecule has 0 nitrogen and oxygen atoms in total. The molecule has 1 aliphatic rings. The van der Waals surface area contributed by atoms with Gasteiger partial charge in [-0.3, -0.25) is 0 Å². The van der Waals surface area contributed by atoms with Gasteiger partial charge < -0.3 is 0 Å². The zero-order valence-corrected chi connectivity index (χ0v) is 8.27. The van der Waals surface area contributed by atoms with Crippen molar-refractivity contribution in [2.45, 2.75) is 52.9 Å². The highest BCUT2D eigenvalue weighted by Crippen LogP contribution is 2.35. The molecule has 1 fully saturated rings. The summed E-state index contributed by atoms with van der Waals surface area (Å²) in [5, 5.41) is 0. The van der Waals surface area contributed by atoms with E-state index in [1.54, 1.807) is 0 Å². The molecule has 0 aromatic carbocycles. The third kappa shape index (κ3) is 3.27. The maximum Gasteiger partial charge on any atom is -0.0414 e. The van der Waals surface area contributed by atoms with Gasteiger partial charge in [0.15, 0.2) is 0 Å². The fraction of sp³-hybridized carbons (Fsp3) is 1.00. The highest BCUT2D eigenvalue weighted by molar-refractivity contribution is 4.74. The van der Waals surface area contributed by atoms with Crippen molar-refractivity contribution < 1.29 is 0 Å². The molecule has 0 heterocycles.